The van der Waals surface area contributed by atoms with Crippen LogP contribution in [-0.2, 0) is 14.6 Å². The van der Waals surface area contributed by atoms with E-state index in [1.165, 1.54) is 6.92 Å². The predicted octanol–water partition coefficient (Wildman–Crippen LogP) is 2.06. The van der Waals surface area contributed by atoms with E-state index in [1.807, 2.05) is 0 Å². The van der Waals surface area contributed by atoms with E-state index >= 15 is 0 Å². The van der Waals surface area contributed by atoms with Crippen LogP contribution in [0.15, 0.2) is 12.2 Å². The fourth-order valence-corrected chi connectivity index (χ4v) is 3.40. The molecule has 4 nitrogen and oxygen atoms in total. The lowest BCUT2D eigenvalue weighted by atomic mass is 9.87. The molecule has 0 bridgehead atoms. The number of allylic oxidation sites excluding steroid dienone is 1. The first-order valence-electron chi connectivity index (χ1n) is 7.00. The summed E-state index contributed by atoms with van der Waals surface area (Å²) < 4.78 is 23.8. The first-order valence-corrected chi connectivity index (χ1v) is 8.71. The summed E-state index contributed by atoms with van der Waals surface area (Å²) >= 11 is 0. The van der Waals surface area contributed by atoms with E-state index in [0.29, 0.717) is 5.92 Å². The van der Waals surface area contributed by atoms with Gasteiger partial charge < -0.3 is 5.32 Å². The molecule has 0 aromatic rings. The first kappa shape index (κ1) is 16.2. The second-order valence-corrected chi connectivity index (χ2v) is 7.87. The molecule has 0 spiro atoms. The summed E-state index contributed by atoms with van der Waals surface area (Å²) in [6.07, 6.45) is 7.37. The standard InChI is InChI=1S/C14H25NO3S/c1-4-5-10-19(17,18)12(3)14(16)15-13-8-6-11(2)7-9-13/h4-5,11-13H,6-10H2,1-3H3,(H,15,16)/b5-4-/t11?,12-,13?/m0/s1. The zero-order valence-corrected chi connectivity index (χ0v) is 12.9. The zero-order valence-electron chi connectivity index (χ0n) is 12.1. The molecule has 1 aliphatic carbocycles. The van der Waals surface area contributed by atoms with Gasteiger partial charge in [0.1, 0.15) is 5.25 Å². The molecule has 5 heteroatoms. The van der Waals surface area contributed by atoms with Crippen molar-refractivity contribution in [2.45, 2.75) is 57.7 Å². The van der Waals surface area contributed by atoms with Crippen LogP contribution in [0.2, 0.25) is 0 Å². The molecule has 0 aromatic heterocycles. The van der Waals surface area contributed by atoms with E-state index in [1.54, 1.807) is 19.1 Å². The minimum Gasteiger partial charge on any atom is -0.352 e. The minimum atomic E-state index is -3.38. The van der Waals surface area contributed by atoms with Gasteiger partial charge >= 0.3 is 0 Å². The summed E-state index contributed by atoms with van der Waals surface area (Å²) in [5, 5.41) is 1.91. The Hall–Kier alpha value is -0.840. The Balaban J connectivity index is 2.53. The van der Waals surface area contributed by atoms with Gasteiger partial charge in [-0.2, -0.15) is 0 Å². The Morgan fingerprint density at radius 2 is 1.89 bits per heavy atom. The van der Waals surface area contributed by atoms with Crippen molar-refractivity contribution >= 4 is 15.7 Å². The lowest BCUT2D eigenvalue weighted by Crippen LogP contribution is -2.45. The molecule has 1 amide bonds. The highest BCUT2D eigenvalue weighted by molar-refractivity contribution is 7.92. The lowest BCUT2D eigenvalue weighted by Gasteiger charge is -2.27. The fraction of sp³-hybridized carbons (Fsp3) is 0.786. The van der Waals surface area contributed by atoms with E-state index in [0.717, 1.165) is 25.7 Å². The molecule has 0 saturated heterocycles. The summed E-state index contributed by atoms with van der Waals surface area (Å²) in [6.45, 7) is 5.45. The Morgan fingerprint density at radius 3 is 2.42 bits per heavy atom. The van der Waals surface area contributed by atoms with Crippen molar-refractivity contribution in [3.8, 4) is 0 Å². The molecule has 1 N–H and O–H groups in total. The van der Waals surface area contributed by atoms with Crippen molar-refractivity contribution in [3.05, 3.63) is 12.2 Å². The molecule has 1 aliphatic rings. The normalized spacial score (nSPS) is 26.3. The number of carbonyl (C=O) groups is 1. The molecule has 19 heavy (non-hydrogen) atoms. The van der Waals surface area contributed by atoms with Gasteiger partial charge in [-0.15, -0.1) is 0 Å². The lowest BCUT2D eigenvalue weighted by molar-refractivity contribution is -0.121. The highest BCUT2D eigenvalue weighted by Gasteiger charge is 2.29. The van der Waals surface area contributed by atoms with Gasteiger partial charge in [0.2, 0.25) is 5.91 Å². The Labute approximate surface area is 116 Å². The fourth-order valence-electron chi connectivity index (χ4n) is 2.26. The molecule has 1 saturated carbocycles. The van der Waals surface area contributed by atoms with Crippen LogP contribution in [0.25, 0.3) is 0 Å². The van der Waals surface area contributed by atoms with Crippen molar-refractivity contribution in [2.75, 3.05) is 5.75 Å². The van der Waals surface area contributed by atoms with Crippen LogP contribution < -0.4 is 5.32 Å². The number of carbonyl (C=O) groups excluding carboxylic acids is 1. The maximum absolute atomic E-state index is 12.0. The van der Waals surface area contributed by atoms with Crippen LogP contribution in [-0.4, -0.2) is 31.4 Å². The molecule has 0 unspecified atom stereocenters. The van der Waals surface area contributed by atoms with Crippen molar-refractivity contribution < 1.29 is 13.2 Å². The Kier molecular flexibility index (Phi) is 6.04. The topological polar surface area (TPSA) is 63.2 Å². The van der Waals surface area contributed by atoms with Crippen molar-refractivity contribution in [1.29, 1.82) is 0 Å². The average molecular weight is 287 g/mol. The van der Waals surface area contributed by atoms with Crippen LogP contribution in [0.4, 0.5) is 0 Å². The summed E-state index contributed by atoms with van der Waals surface area (Å²) in [5.74, 6) is 0.285. The predicted molar refractivity (Wildman–Crippen MR) is 77.6 cm³/mol. The van der Waals surface area contributed by atoms with Gasteiger partial charge in [-0.1, -0.05) is 19.1 Å². The molecule has 1 atom stereocenters. The monoisotopic (exact) mass is 287 g/mol. The largest absolute Gasteiger partial charge is 0.352 e. The number of rotatable bonds is 5. The molecule has 110 valence electrons. The van der Waals surface area contributed by atoms with E-state index in [2.05, 4.69) is 12.2 Å². The smallest absolute Gasteiger partial charge is 0.238 e. The highest BCUT2D eigenvalue weighted by atomic mass is 32.2. The number of hydrogen-bond donors (Lipinski definition) is 1. The molecule has 1 fully saturated rings. The SMILES string of the molecule is C/C=C\CS(=O)(=O)[C@@H](C)C(=O)NC1CCC(C)CC1. The average Bonchev–Trinajstić information content (AvgIpc) is 2.38. The molecule has 0 heterocycles. The van der Waals surface area contributed by atoms with Gasteiger partial charge in [0, 0.05) is 6.04 Å². The molecule has 1 rings (SSSR count). The number of nitrogens with one attached hydrogen (secondary N) is 1. The second kappa shape index (κ2) is 7.08. The third-order valence-electron chi connectivity index (χ3n) is 3.83. The van der Waals surface area contributed by atoms with Crippen molar-refractivity contribution in [2.24, 2.45) is 5.92 Å². The first-order chi connectivity index (χ1) is 8.86. The molecule has 0 aromatic carbocycles. The van der Waals surface area contributed by atoms with Gasteiger partial charge in [0.25, 0.3) is 0 Å². The summed E-state index contributed by atoms with van der Waals surface area (Å²) in [4.78, 5) is 12.0. The maximum Gasteiger partial charge on any atom is 0.238 e. The molecular formula is C14H25NO3S. The van der Waals surface area contributed by atoms with Gasteiger partial charge in [-0.3, -0.25) is 4.79 Å². The van der Waals surface area contributed by atoms with Crippen LogP contribution in [0.1, 0.15) is 46.5 Å². The summed E-state index contributed by atoms with van der Waals surface area (Å²) in [5.41, 5.74) is 0. The Bertz CT molecular complexity index is 420. The summed E-state index contributed by atoms with van der Waals surface area (Å²) in [6, 6.07) is 0.142. The van der Waals surface area contributed by atoms with E-state index in [9.17, 15) is 13.2 Å². The Morgan fingerprint density at radius 1 is 1.32 bits per heavy atom. The van der Waals surface area contributed by atoms with Crippen LogP contribution in [0.3, 0.4) is 0 Å². The van der Waals surface area contributed by atoms with E-state index < -0.39 is 15.1 Å². The quantitative estimate of drug-likeness (QED) is 0.787. The van der Waals surface area contributed by atoms with Crippen LogP contribution >= 0.6 is 0 Å². The van der Waals surface area contributed by atoms with Crippen LogP contribution in [0.5, 0.6) is 0 Å². The second-order valence-electron chi connectivity index (χ2n) is 5.51. The highest BCUT2D eigenvalue weighted by Crippen LogP contribution is 2.23. The number of amides is 1. The van der Waals surface area contributed by atoms with Crippen LogP contribution in [0, 0.1) is 5.92 Å². The van der Waals surface area contributed by atoms with Crippen molar-refractivity contribution in [3.63, 3.8) is 0 Å². The zero-order chi connectivity index (χ0) is 14.5. The third-order valence-corrected chi connectivity index (χ3v) is 5.78. The maximum atomic E-state index is 12.0. The van der Waals surface area contributed by atoms with Gasteiger partial charge in [-0.25, -0.2) is 8.42 Å². The minimum absolute atomic E-state index is 0.0697. The van der Waals surface area contributed by atoms with Gasteiger partial charge in [0.05, 0.1) is 5.75 Å². The van der Waals surface area contributed by atoms with Gasteiger partial charge in [-0.05, 0) is 45.4 Å². The number of sulfone groups is 1. The van der Waals surface area contributed by atoms with Crippen molar-refractivity contribution in [1.82, 2.24) is 5.32 Å². The summed E-state index contributed by atoms with van der Waals surface area (Å²) in [7, 11) is -3.38. The molecular weight excluding hydrogens is 262 g/mol. The van der Waals surface area contributed by atoms with E-state index in [4.69, 9.17) is 0 Å². The van der Waals surface area contributed by atoms with Gasteiger partial charge in [0.15, 0.2) is 9.84 Å². The molecule has 0 aliphatic heterocycles. The molecule has 0 radical (unpaired) electrons. The number of hydrogen-bond acceptors (Lipinski definition) is 3. The third kappa shape index (κ3) is 4.97. The van der Waals surface area contributed by atoms with E-state index in [-0.39, 0.29) is 17.7 Å².